The molecule has 0 aliphatic carbocycles. The largest absolute Gasteiger partial charge is 0.506 e. The quantitative estimate of drug-likeness (QED) is 0.810. The third kappa shape index (κ3) is 3.91. The van der Waals surface area contributed by atoms with Gasteiger partial charge in [0.05, 0.1) is 5.69 Å². The molecule has 0 spiro atoms. The molecular weight excluding hydrogens is 256 g/mol. The van der Waals surface area contributed by atoms with Crippen LogP contribution < -0.4 is 0 Å². The lowest BCUT2D eigenvalue weighted by Gasteiger charge is -2.02. The highest BCUT2D eigenvalue weighted by atomic mass is 16.4. The number of benzene rings is 2. The van der Waals surface area contributed by atoms with Gasteiger partial charge in [-0.3, -0.25) is 4.79 Å². The maximum atomic E-state index is 10.5. The minimum Gasteiger partial charge on any atom is -0.506 e. The number of hydrogen-bond donors (Lipinski definition) is 2. The van der Waals surface area contributed by atoms with Crippen molar-refractivity contribution in [2.24, 2.45) is 10.2 Å². The van der Waals surface area contributed by atoms with Gasteiger partial charge in [-0.2, -0.15) is 5.11 Å². The van der Waals surface area contributed by atoms with E-state index in [0.29, 0.717) is 17.8 Å². The molecule has 0 aliphatic rings. The molecular formula is C15H14N2O3. The number of carboxylic acids is 1. The number of aliphatic carboxylic acids is 1. The van der Waals surface area contributed by atoms with Crippen molar-refractivity contribution < 1.29 is 15.0 Å². The maximum Gasteiger partial charge on any atom is 0.303 e. The van der Waals surface area contributed by atoms with Gasteiger partial charge in [-0.05, 0) is 36.2 Å². The van der Waals surface area contributed by atoms with Gasteiger partial charge in [0.2, 0.25) is 0 Å². The number of nitrogens with zero attached hydrogens (tertiary/aromatic N) is 2. The Kier molecular flexibility index (Phi) is 4.44. The van der Waals surface area contributed by atoms with Crippen molar-refractivity contribution in [3.05, 3.63) is 54.1 Å². The Morgan fingerprint density at radius 3 is 2.50 bits per heavy atom. The summed E-state index contributed by atoms with van der Waals surface area (Å²) in [7, 11) is 0. The summed E-state index contributed by atoms with van der Waals surface area (Å²) in [5, 5.41) is 26.4. The third-order valence-corrected chi connectivity index (χ3v) is 2.70. The smallest absolute Gasteiger partial charge is 0.303 e. The van der Waals surface area contributed by atoms with Gasteiger partial charge in [0.1, 0.15) is 11.4 Å². The van der Waals surface area contributed by atoms with Crippen LogP contribution in [-0.2, 0) is 11.2 Å². The molecule has 0 unspecified atom stereocenters. The van der Waals surface area contributed by atoms with E-state index in [0.717, 1.165) is 5.56 Å². The van der Waals surface area contributed by atoms with Crippen LogP contribution in [0.5, 0.6) is 5.75 Å². The van der Waals surface area contributed by atoms with Crippen molar-refractivity contribution in [1.29, 1.82) is 0 Å². The van der Waals surface area contributed by atoms with Crippen LogP contribution in [0.2, 0.25) is 0 Å². The molecule has 0 radical (unpaired) electrons. The minimum atomic E-state index is -0.856. The van der Waals surface area contributed by atoms with Gasteiger partial charge in [-0.1, -0.05) is 24.3 Å². The van der Waals surface area contributed by atoms with Crippen LogP contribution in [0.25, 0.3) is 0 Å². The highest BCUT2D eigenvalue weighted by Gasteiger charge is 2.04. The number of phenols is 1. The number of hydrogen-bond acceptors (Lipinski definition) is 4. The number of carbonyl (C=O) groups is 1. The Bertz CT molecular complexity index is 624. The van der Waals surface area contributed by atoms with E-state index in [9.17, 15) is 9.90 Å². The molecule has 0 bridgehead atoms. The van der Waals surface area contributed by atoms with Gasteiger partial charge in [-0.15, -0.1) is 5.11 Å². The predicted molar refractivity (Wildman–Crippen MR) is 74.7 cm³/mol. The maximum absolute atomic E-state index is 10.5. The van der Waals surface area contributed by atoms with Crippen LogP contribution in [0.3, 0.4) is 0 Å². The summed E-state index contributed by atoms with van der Waals surface area (Å²) in [6.45, 7) is 0. The molecule has 0 aliphatic heterocycles. The molecule has 0 saturated heterocycles. The highest BCUT2D eigenvalue weighted by molar-refractivity contribution is 5.67. The van der Waals surface area contributed by atoms with Gasteiger partial charge in [0, 0.05) is 6.42 Å². The van der Waals surface area contributed by atoms with Gasteiger partial charge in [0.15, 0.2) is 0 Å². The van der Waals surface area contributed by atoms with E-state index in [1.54, 1.807) is 24.3 Å². The number of carboxylic acid groups (broad SMARTS) is 1. The fraction of sp³-hybridized carbons (Fsp3) is 0.133. The SMILES string of the molecule is O=C(O)CCc1ccc(O)c(N=Nc2ccccc2)c1. The second kappa shape index (κ2) is 6.47. The standard InChI is InChI=1S/C15H14N2O3/c18-14-8-6-11(7-9-15(19)20)10-13(14)17-16-12-4-2-1-3-5-12/h1-6,8,10,18H,7,9H2,(H,19,20). The average Bonchev–Trinajstić information content (AvgIpc) is 2.46. The monoisotopic (exact) mass is 270 g/mol. The molecule has 0 amide bonds. The molecule has 0 fully saturated rings. The predicted octanol–water partition coefficient (Wildman–Crippen LogP) is 3.82. The van der Waals surface area contributed by atoms with Crippen molar-refractivity contribution >= 4 is 17.3 Å². The Balaban J connectivity index is 2.16. The number of aryl methyl sites for hydroxylation is 1. The van der Waals surface area contributed by atoms with Crippen LogP contribution >= 0.6 is 0 Å². The number of aromatic hydroxyl groups is 1. The Morgan fingerprint density at radius 1 is 1.05 bits per heavy atom. The number of rotatable bonds is 5. The van der Waals surface area contributed by atoms with E-state index in [1.807, 2.05) is 18.2 Å². The van der Waals surface area contributed by atoms with E-state index in [2.05, 4.69) is 10.2 Å². The second-order valence-electron chi connectivity index (χ2n) is 4.25. The van der Waals surface area contributed by atoms with Gasteiger partial charge >= 0.3 is 5.97 Å². The zero-order valence-corrected chi connectivity index (χ0v) is 10.7. The molecule has 2 rings (SSSR count). The normalized spacial score (nSPS) is 10.8. The molecule has 102 valence electrons. The first kappa shape index (κ1) is 13.7. The summed E-state index contributed by atoms with van der Waals surface area (Å²) < 4.78 is 0. The first-order valence-electron chi connectivity index (χ1n) is 6.15. The number of azo groups is 1. The van der Waals surface area contributed by atoms with Crippen LogP contribution in [0.4, 0.5) is 11.4 Å². The fourth-order valence-electron chi connectivity index (χ4n) is 1.66. The minimum absolute atomic E-state index is 0.0174. The summed E-state index contributed by atoms with van der Waals surface area (Å²) >= 11 is 0. The first-order chi connectivity index (χ1) is 9.65. The summed E-state index contributed by atoms with van der Waals surface area (Å²) in [5.74, 6) is -0.839. The molecule has 0 atom stereocenters. The van der Waals surface area contributed by atoms with E-state index >= 15 is 0 Å². The molecule has 5 heteroatoms. The molecule has 0 saturated carbocycles. The summed E-state index contributed by atoms with van der Waals surface area (Å²) in [5.41, 5.74) is 1.81. The molecule has 2 aromatic rings. The van der Waals surface area contributed by atoms with Crippen molar-refractivity contribution in [2.45, 2.75) is 12.8 Å². The van der Waals surface area contributed by atoms with E-state index in [1.165, 1.54) is 6.07 Å². The molecule has 2 aromatic carbocycles. The third-order valence-electron chi connectivity index (χ3n) is 2.70. The zero-order chi connectivity index (χ0) is 14.4. The molecule has 2 N–H and O–H groups in total. The van der Waals surface area contributed by atoms with Gasteiger partial charge < -0.3 is 10.2 Å². The summed E-state index contributed by atoms with van der Waals surface area (Å²) in [4.78, 5) is 10.5. The Labute approximate surface area is 116 Å². The zero-order valence-electron chi connectivity index (χ0n) is 10.7. The first-order valence-corrected chi connectivity index (χ1v) is 6.15. The van der Waals surface area contributed by atoms with E-state index in [4.69, 9.17) is 5.11 Å². The van der Waals surface area contributed by atoms with Gasteiger partial charge in [-0.25, -0.2) is 0 Å². The lowest BCUT2D eigenvalue weighted by molar-refractivity contribution is -0.136. The van der Waals surface area contributed by atoms with Crippen molar-refractivity contribution in [3.8, 4) is 5.75 Å². The molecule has 0 heterocycles. The van der Waals surface area contributed by atoms with Crippen LogP contribution in [0.1, 0.15) is 12.0 Å². The van der Waals surface area contributed by atoms with E-state index in [-0.39, 0.29) is 12.2 Å². The molecule has 20 heavy (non-hydrogen) atoms. The van der Waals surface area contributed by atoms with Crippen molar-refractivity contribution in [2.75, 3.05) is 0 Å². The van der Waals surface area contributed by atoms with Crippen molar-refractivity contribution in [1.82, 2.24) is 0 Å². The average molecular weight is 270 g/mol. The molecule has 5 nitrogen and oxygen atoms in total. The fourth-order valence-corrected chi connectivity index (χ4v) is 1.66. The Morgan fingerprint density at radius 2 is 1.80 bits per heavy atom. The van der Waals surface area contributed by atoms with Gasteiger partial charge in [0.25, 0.3) is 0 Å². The lowest BCUT2D eigenvalue weighted by atomic mass is 10.1. The second-order valence-corrected chi connectivity index (χ2v) is 4.25. The Hall–Kier alpha value is -2.69. The van der Waals surface area contributed by atoms with Crippen LogP contribution in [0, 0.1) is 0 Å². The highest BCUT2D eigenvalue weighted by Crippen LogP contribution is 2.29. The summed E-state index contributed by atoms with van der Waals surface area (Å²) in [6, 6.07) is 14.0. The lowest BCUT2D eigenvalue weighted by Crippen LogP contribution is -1.97. The summed E-state index contributed by atoms with van der Waals surface area (Å²) in [6.07, 6.45) is 0.434. The van der Waals surface area contributed by atoms with Crippen LogP contribution in [-0.4, -0.2) is 16.2 Å². The topological polar surface area (TPSA) is 82.2 Å². The van der Waals surface area contributed by atoms with Crippen LogP contribution in [0.15, 0.2) is 58.8 Å². The number of phenolic OH excluding ortho intramolecular Hbond substituents is 1. The molecule has 0 aromatic heterocycles. The van der Waals surface area contributed by atoms with E-state index < -0.39 is 5.97 Å². The van der Waals surface area contributed by atoms with Crippen molar-refractivity contribution in [3.63, 3.8) is 0 Å².